The van der Waals surface area contributed by atoms with E-state index in [1.165, 1.54) is 24.3 Å². The van der Waals surface area contributed by atoms with Gasteiger partial charge in [0, 0.05) is 25.6 Å². The molecular weight excluding hydrogens is 474 g/mol. The Labute approximate surface area is 198 Å². The molecule has 3 rings (SSSR count). The highest BCUT2D eigenvalue weighted by molar-refractivity contribution is 8.01. The molecule has 10 nitrogen and oxygen atoms in total. The van der Waals surface area contributed by atoms with Gasteiger partial charge in [-0.25, -0.2) is 15.0 Å². The van der Waals surface area contributed by atoms with Crippen molar-refractivity contribution in [2.24, 2.45) is 0 Å². The lowest BCUT2D eigenvalue weighted by molar-refractivity contribution is 0.0972. The number of rotatable bonds is 11. The van der Waals surface area contributed by atoms with Gasteiger partial charge in [0.05, 0.1) is 30.2 Å². The molecule has 3 atom stereocenters. The van der Waals surface area contributed by atoms with Crippen LogP contribution in [0, 0.1) is 0 Å². The number of nitrogens with zero attached hydrogens (tertiary/aromatic N) is 6. The SMILES string of the molecule is COc1cccc(-c2nnc(NSC(C)C(OC)c3ncc(Cl)cn3)n2CC[S+](C)[O-])n1. The Hall–Kier alpha value is -2.12. The Morgan fingerprint density at radius 3 is 2.66 bits per heavy atom. The van der Waals surface area contributed by atoms with Crippen LogP contribution < -0.4 is 9.46 Å². The fourth-order valence-electron chi connectivity index (χ4n) is 2.84. The van der Waals surface area contributed by atoms with Crippen LogP contribution in [0.4, 0.5) is 5.95 Å². The van der Waals surface area contributed by atoms with Gasteiger partial charge in [-0.1, -0.05) is 28.8 Å². The minimum Gasteiger partial charge on any atom is -0.617 e. The molecule has 32 heavy (non-hydrogen) atoms. The standard InChI is InChI=1S/C19H24ClN7O3S2/c1-12(16(30-3)17-21-10-13(20)11-22-17)31-26-19-25-24-18(27(19)8-9-32(4)28)14-6-5-7-15(23-14)29-2/h5-7,10-12,16H,8-9H2,1-4H3,(H,25,26). The molecule has 0 saturated carbocycles. The van der Waals surface area contributed by atoms with Crippen LogP contribution in [0.3, 0.4) is 0 Å². The van der Waals surface area contributed by atoms with Crippen molar-refractivity contribution in [2.45, 2.75) is 24.8 Å². The zero-order chi connectivity index (χ0) is 23.1. The van der Waals surface area contributed by atoms with Crippen LogP contribution in [-0.2, 0) is 22.5 Å². The van der Waals surface area contributed by atoms with Crippen LogP contribution in [0.5, 0.6) is 5.88 Å². The van der Waals surface area contributed by atoms with Gasteiger partial charge in [0.1, 0.15) is 17.6 Å². The molecule has 13 heteroatoms. The highest BCUT2D eigenvalue weighted by atomic mass is 35.5. The van der Waals surface area contributed by atoms with Gasteiger partial charge < -0.3 is 14.0 Å². The van der Waals surface area contributed by atoms with Crippen molar-refractivity contribution in [3.05, 3.63) is 41.4 Å². The number of hydrogen-bond donors (Lipinski definition) is 1. The predicted octanol–water partition coefficient (Wildman–Crippen LogP) is 3.01. The van der Waals surface area contributed by atoms with Crippen molar-refractivity contribution >= 4 is 40.7 Å². The Morgan fingerprint density at radius 1 is 1.25 bits per heavy atom. The lowest BCUT2D eigenvalue weighted by Gasteiger charge is -2.21. The van der Waals surface area contributed by atoms with Crippen LogP contribution in [0.2, 0.25) is 5.02 Å². The average molecular weight is 498 g/mol. The maximum Gasteiger partial charge on any atom is 0.235 e. The molecule has 0 amide bonds. The average Bonchev–Trinajstić information content (AvgIpc) is 3.20. The number of nitrogens with one attached hydrogen (secondary N) is 1. The Morgan fingerprint density at radius 2 is 2.00 bits per heavy atom. The van der Waals surface area contributed by atoms with E-state index < -0.39 is 11.2 Å². The van der Waals surface area contributed by atoms with E-state index in [1.54, 1.807) is 26.5 Å². The zero-order valence-corrected chi connectivity index (χ0v) is 20.4. The van der Waals surface area contributed by atoms with Crippen LogP contribution in [0.25, 0.3) is 11.5 Å². The molecule has 0 radical (unpaired) electrons. The molecule has 0 fully saturated rings. The summed E-state index contributed by atoms with van der Waals surface area (Å²) >= 11 is 6.30. The van der Waals surface area contributed by atoms with Gasteiger partial charge in [0.2, 0.25) is 11.8 Å². The van der Waals surface area contributed by atoms with Crippen LogP contribution >= 0.6 is 23.5 Å². The first-order valence-electron chi connectivity index (χ1n) is 9.59. The molecule has 0 aliphatic heterocycles. The van der Waals surface area contributed by atoms with Crippen molar-refractivity contribution in [2.75, 3.05) is 31.0 Å². The molecule has 3 unspecified atom stereocenters. The second-order valence-electron chi connectivity index (χ2n) is 6.68. The first-order valence-corrected chi connectivity index (χ1v) is 12.6. The van der Waals surface area contributed by atoms with E-state index in [2.05, 4.69) is 29.9 Å². The lowest BCUT2D eigenvalue weighted by Crippen LogP contribution is -2.19. The monoisotopic (exact) mass is 497 g/mol. The van der Waals surface area contributed by atoms with Gasteiger partial charge in [-0.3, -0.25) is 9.29 Å². The van der Waals surface area contributed by atoms with Crippen molar-refractivity contribution < 1.29 is 14.0 Å². The third-order valence-electron chi connectivity index (χ3n) is 4.43. The zero-order valence-electron chi connectivity index (χ0n) is 18.1. The van der Waals surface area contributed by atoms with Gasteiger partial charge in [-0.2, -0.15) is 0 Å². The topological polar surface area (TPSA) is 123 Å². The molecule has 0 aromatic carbocycles. The number of anilines is 1. The van der Waals surface area contributed by atoms with Crippen molar-refractivity contribution in [3.8, 4) is 17.4 Å². The van der Waals surface area contributed by atoms with Gasteiger partial charge in [0.15, 0.2) is 11.6 Å². The van der Waals surface area contributed by atoms with E-state index in [4.69, 9.17) is 21.1 Å². The van der Waals surface area contributed by atoms with Crippen LogP contribution in [-0.4, -0.2) is 65.7 Å². The number of hydrogen-bond acceptors (Lipinski definition) is 10. The van der Waals surface area contributed by atoms with Crippen LogP contribution in [0.15, 0.2) is 30.6 Å². The van der Waals surface area contributed by atoms with E-state index in [9.17, 15) is 4.55 Å². The molecule has 0 aliphatic carbocycles. The summed E-state index contributed by atoms with van der Waals surface area (Å²) in [6, 6.07) is 5.41. The molecule has 3 aromatic rings. The summed E-state index contributed by atoms with van der Waals surface area (Å²) in [4.78, 5) is 13.0. The first-order chi connectivity index (χ1) is 15.4. The number of methoxy groups -OCH3 is 2. The second-order valence-corrected chi connectivity index (χ2v) is 9.86. The molecule has 3 aromatic heterocycles. The van der Waals surface area contributed by atoms with Gasteiger partial charge in [-0.15, -0.1) is 10.2 Å². The molecular formula is C19H24ClN7O3S2. The third-order valence-corrected chi connectivity index (χ3v) is 6.30. The Kier molecular flexibility index (Phi) is 8.93. The molecule has 1 N–H and O–H groups in total. The smallest absolute Gasteiger partial charge is 0.235 e. The molecule has 0 bridgehead atoms. The number of pyridine rings is 1. The maximum absolute atomic E-state index is 11.7. The van der Waals surface area contributed by atoms with E-state index in [1.807, 2.05) is 23.6 Å². The van der Waals surface area contributed by atoms with Crippen molar-refractivity contribution in [3.63, 3.8) is 0 Å². The van der Waals surface area contributed by atoms with E-state index >= 15 is 0 Å². The quantitative estimate of drug-likeness (QED) is 0.312. The molecule has 3 heterocycles. The highest BCUT2D eigenvalue weighted by Gasteiger charge is 2.24. The third kappa shape index (κ3) is 6.23. The van der Waals surface area contributed by atoms with E-state index in [0.717, 1.165) is 0 Å². The summed E-state index contributed by atoms with van der Waals surface area (Å²) in [6.45, 7) is 2.44. The molecule has 0 aliphatic rings. The largest absolute Gasteiger partial charge is 0.617 e. The fraction of sp³-hybridized carbons (Fsp3) is 0.421. The summed E-state index contributed by atoms with van der Waals surface area (Å²) in [7, 11) is 3.16. The normalized spacial score (nSPS) is 14.1. The Balaban J connectivity index is 1.80. The second kappa shape index (κ2) is 11.7. The summed E-state index contributed by atoms with van der Waals surface area (Å²) in [5.74, 6) is 2.51. The Bertz CT molecular complexity index is 1010. The van der Waals surface area contributed by atoms with Crippen LogP contribution in [0.1, 0.15) is 18.9 Å². The van der Waals surface area contributed by atoms with E-state index in [0.29, 0.717) is 46.5 Å². The highest BCUT2D eigenvalue weighted by Crippen LogP contribution is 2.29. The minimum absolute atomic E-state index is 0.0787. The summed E-state index contributed by atoms with van der Waals surface area (Å²) in [5.41, 5.74) is 0.606. The van der Waals surface area contributed by atoms with E-state index in [-0.39, 0.29) is 11.4 Å². The summed E-state index contributed by atoms with van der Waals surface area (Å²) < 4.78 is 27.6. The number of halogens is 1. The van der Waals surface area contributed by atoms with Crippen molar-refractivity contribution in [1.29, 1.82) is 0 Å². The van der Waals surface area contributed by atoms with Gasteiger partial charge >= 0.3 is 0 Å². The number of aromatic nitrogens is 6. The molecule has 172 valence electrons. The predicted molar refractivity (Wildman–Crippen MR) is 126 cm³/mol. The maximum atomic E-state index is 11.7. The molecule has 0 spiro atoms. The minimum atomic E-state index is -0.981. The lowest BCUT2D eigenvalue weighted by atomic mass is 10.2. The molecule has 0 saturated heterocycles. The van der Waals surface area contributed by atoms with Gasteiger partial charge in [0.25, 0.3) is 0 Å². The fourth-order valence-corrected chi connectivity index (χ4v) is 4.17. The summed E-state index contributed by atoms with van der Waals surface area (Å²) in [6.07, 6.45) is 4.36. The van der Waals surface area contributed by atoms with Gasteiger partial charge in [-0.05, 0) is 24.9 Å². The number of ether oxygens (including phenoxy) is 2. The summed E-state index contributed by atoms with van der Waals surface area (Å²) in [5, 5.41) is 8.96. The first kappa shape index (κ1) is 24.5. The van der Waals surface area contributed by atoms with Crippen molar-refractivity contribution in [1.82, 2.24) is 29.7 Å².